The third-order valence-corrected chi connectivity index (χ3v) is 1.98. The molecule has 2 nitrogen and oxygen atoms in total. The lowest BCUT2D eigenvalue weighted by Gasteiger charge is -1.96. The molecule has 0 atom stereocenters. The number of rotatable bonds is 0. The molecule has 0 amide bonds. The molecule has 1 heterocycles. The number of aromatic nitrogens is 1. The van der Waals surface area contributed by atoms with Crippen molar-refractivity contribution in [3.63, 3.8) is 0 Å². The summed E-state index contributed by atoms with van der Waals surface area (Å²) in [6.07, 6.45) is 0. The van der Waals surface area contributed by atoms with E-state index in [4.69, 9.17) is 0 Å². The lowest BCUT2D eigenvalue weighted by Crippen LogP contribution is -2.05. The Morgan fingerprint density at radius 1 is 1.25 bits per heavy atom. The van der Waals surface area contributed by atoms with Crippen LogP contribution in [0.2, 0.25) is 0 Å². The molecule has 3 heteroatoms. The van der Waals surface area contributed by atoms with Gasteiger partial charge < -0.3 is 4.98 Å². The highest BCUT2D eigenvalue weighted by Gasteiger charge is 1.96. The Kier molecular flexibility index (Phi) is 1.66. The maximum Gasteiger partial charge on any atom is 0.256 e. The first kappa shape index (κ1) is 7.43. The van der Waals surface area contributed by atoms with E-state index in [2.05, 4.69) is 17.6 Å². The summed E-state index contributed by atoms with van der Waals surface area (Å²) in [4.78, 5) is 13.9. The molecule has 1 N–H and O–H groups in total. The highest BCUT2D eigenvalue weighted by Crippen LogP contribution is 2.10. The van der Waals surface area contributed by atoms with Crippen LogP contribution in [0, 0.1) is 0 Å². The Bertz CT molecular complexity index is 475. The minimum atomic E-state index is -0.0851. The fourth-order valence-electron chi connectivity index (χ4n) is 1.20. The fourth-order valence-corrected chi connectivity index (χ4v) is 1.44. The Balaban J connectivity index is 2.99. The summed E-state index contributed by atoms with van der Waals surface area (Å²) < 4.78 is 0. The van der Waals surface area contributed by atoms with Crippen molar-refractivity contribution in [2.24, 2.45) is 0 Å². The van der Waals surface area contributed by atoms with E-state index in [0.29, 0.717) is 10.4 Å². The minimum Gasteiger partial charge on any atom is -0.317 e. The summed E-state index contributed by atoms with van der Waals surface area (Å²) in [5.74, 6) is 0. The van der Waals surface area contributed by atoms with E-state index in [1.807, 2.05) is 24.3 Å². The van der Waals surface area contributed by atoms with Crippen LogP contribution in [0.25, 0.3) is 10.8 Å². The van der Waals surface area contributed by atoms with Crippen molar-refractivity contribution < 1.29 is 0 Å². The molecule has 0 saturated carbocycles. The second kappa shape index (κ2) is 2.68. The van der Waals surface area contributed by atoms with Gasteiger partial charge in [-0.2, -0.15) is 0 Å². The zero-order chi connectivity index (χ0) is 8.55. The quantitative estimate of drug-likeness (QED) is 0.591. The number of H-pyrrole nitrogens is 1. The maximum absolute atomic E-state index is 11.3. The molecule has 0 spiro atoms. The third kappa shape index (κ3) is 1.12. The Labute approximate surface area is 74.6 Å². The van der Waals surface area contributed by atoms with Gasteiger partial charge in [0.2, 0.25) is 0 Å². The van der Waals surface area contributed by atoms with Gasteiger partial charge in [-0.05, 0) is 17.5 Å². The van der Waals surface area contributed by atoms with Crippen LogP contribution in [0.4, 0.5) is 0 Å². The maximum atomic E-state index is 11.3. The third-order valence-electron chi connectivity index (χ3n) is 1.74. The van der Waals surface area contributed by atoms with Crippen molar-refractivity contribution in [3.05, 3.63) is 40.7 Å². The normalized spacial score (nSPS) is 10.4. The van der Waals surface area contributed by atoms with E-state index in [1.54, 1.807) is 6.07 Å². The van der Waals surface area contributed by atoms with Gasteiger partial charge in [-0.15, -0.1) is 12.6 Å². The van der Waals surface area contributed by atoms with E-state index in [9.17, 15) is 4.79 Å². The van der Waals surface area contributed by atoms with Gasteiger partial charge in [0.15, 0.2) is 0 Å². The average molecular weight is 177 g/mol. The van der Waals surface area contributed by atoms with E-state index in [-0.39, 0.29) is 5.56 Å². The van der Waals surface area contributed by atoms with Crippen LogP contribution < -0.4 is 5.56 Å². The van der Waals surface area contributed by atoms with Gasteiger partial charge in [-0.1, -0.05) is 18.2 Å². The van der Waals surface area contributed by atoms with E-state index >= 15 is 0 Å². The Hall–Kier alpha value is -1.22. The molecule has 0 fully saturated rings. The van der Waals surface area contributed by atoms with Crippen LogP contribution in [0.5, 0.6) is 0 Å². The molecule has 0 unspecified atom stereocenters. The van der Waals surface area contributed by atoms with Crippen molar-refractivity contribution >= 4 is 23.4 Å². The van der Waals surface area contributed by atoms with Crippen LogP contribution in [-0.4, -0.2) is 4.98 Å². The van der Waals surface area contributed by atoms with Crippen molar-refractivity contribution in [1.82, 2.24) is 4.98 Å². The van der Waals surface area contributed by atoms with Crippen molar-refractivity contribution in [2.75, 3.05) is 0 Å². The van der Waals surface area contributed by atoms with Gasteiger partial charge in [-0.3, -0.25) is 4.79 Å². The van der Waals surface area contributed by atoms with Gasteiger partial charge in [0, 0.05) is 5.39 Å². The van der Waals surface area contributed by atoms with Crippen molar-refractivity contribution in [3.8, 4) is 0 Å². The van der Waals surface area contributed by atoms with Crippen molar-refractivity contribution in [2.45, 2.75) is 5.03 Å². The predicted molar refractivity (Wildman–Crippen MR) is 51.8 cm³/mol. The molecular formula is C9H7NOS. The molecule has 0 radical (unpaired) electrons. The first-order chi connectivity index (χ1) is 5.77. The molecule has 0 aliphatic carbocycles. The largest absolute Gasteiger partial charge is 0.317 e. The van der Waals surface area contributed by atoms with Crippen LogP contribution in [0.1, 0.15) is 0 Å². The summed E-state index contributed by atoms with van der Waals surface area (Å²) in [6, 6.07) is 9.26. The highest BCUT2D eigenvalue weighted by atomic mass is 32.1. The second-order valence-corrected chi connectivity index (χ2v) is 3.05. The first-order valence-electron chi connectivity index (χ1n) is 3.58. The average Bonchev–Trinajstić information content (AvgIpc) is 2.04. The smallest absolute Gasteiger partial charge is 0.256 e. The number of hydrogen-bond acceptors (Lipinski definition) is 2. The Morgan fingerprint density at radius 2 is 2.00 bits per heavy atom. The fraction of sp³-hybridized carbons (Fsp3) is 0. The lowest BCUT2D eigenvalue weighted by atomic mass is 10.2. The van der Waals surface area contributed by atoms with Gasteiger partial charge in [0.05, 0.1) is 5.03 Å². The molecule has 2 rings (SSSR count). The highest BCUT2D eigenvalue weighted by molar-refractivity contribution is 7.80. The summed E-state index contributed by atoms with van der Waals surface area (Å²) >= 11 is 4.07. The van der Waals surface area contributed by atoms with Gasteiger partial charge in [0.1, 0.15) is 0 Å². The number of fused-ring (bicyclic) bond motifs is 1. The Morgan fingerprint density at radius 3 is 2.83 bits per heavy atom. The van der Waals surface area contributed by atoms with Gasteiger partial charge in [-0.25, -0.2) is 0 Å². The number of nitrogens with one attached hydrogen (secondary N) is 1. The molecule has 0 aliphatic rings. The number of thiol groups is 1. The molecular weight excluding hydrogens is 170 g/mol. The molecule has 12 heavy (non-hydrogen) atoms. The van der Waals surface area contributed by atoms with Crippen LogP contribution in [0.15, 0.2) is 40.2 Å². The zero-order valence-electron chi connectivity index (χ0n) is 6.24. The van der Waals surface area contributed by atoms with E-state index < -0.39 is 0 Å². The number of aromatic amines is 1. The van der Waals surface area contributed by atoms with Crippen LogP contribution in [-0.2, 0) is 0 Å². The minimum absolute atomic E-state index is 0.0851. The number of hydrogen-bond donors (Lipinski definition) is 2. The number of benzene rings is 1. The van der Waals surface area contributed by atoms with E-state index in [0.717, 1.165) is 5.39 Å². The second-order valence-electron chi connectivity index (χ2n) is 2.57. The standard InChI is InChI=1S/C9H7NOS/c11-9-7-4-2-1-3-6(7)5-8(12)10-9/h1-5H,(H2,10,11,12). The number of pyridine rings is 1. The molecule has 60 valence electrons. The van der Waals surface area contributed by atoms with Crippen LogP contribution in [0.3, 0.4) is 0 Å². The summed E-state index contributed by atoms with van der Waals surface area (Å²) in [6.45, 7) is 0. The zero-order valence-corrected chi connectivity index (χ0v) is 7.14. The van der Waals surface area contributed by atoms with Crippen molar-refractivity contribution in [1.29, 1.82) is 0 Å². The van der Waals surface area contributed by atoms with Crippen LogP contribution >= 0.6 is 12.6 Å². The summed E-state index contributed by atoms with van der Waals surface area (Å²) in [5.41, 5.74) is -0.0851. The molecule has 0 aliphatic heterocycles. The van der Waals surface area contributed by atoms with Gasteiger partial charge >= 0.3 is 0 Å². The monoisotopic (exact) mass is 177 g/mol. The summed E-state index contributed by atoms with van der Waals surface area (Å²) in [7, 11) is 0. The predicted octanol–water partition coefficient (Wildman–Crippen LogP) is 1.82. The van der Waals surface area contributed by atoms with E-state index in [1.165, 1.54) is 0 Å². The first-order valence-corrected chi connectivity index (χ1v) is 4.03. The SMILES string of the molecule is O=c1[nH]c(S)cc2ccccc12. The molecule has 0 bridgehead atoms. The lowest BCUT2D eigenvalue weighted by molar-refractivity contribution is 1.11. The summed E-state index contributed by atoms with van der Waals surface area (Å²) in [5, 5.41) is 2.22. The molecule has 1 aromatic heterocycles. The molecule has 1 aromatic carbocycles. The molecule has 0 saturated heterocycles. The van der Waals surface area contributed by atoms with Gasteiger partial charge in [0.25, 0.3) is 5.56 Å². The molecule has 2 aromatic rings. The topological polar surface area (TPSA) is 32.9 Å².